The summed E-state index contributed by atoms with van der Waals surface area (Å²) in [6.07, 6.45) is 0.844. The third-order valence-electron chi connectivity index (χ3n) is 5.66. The van der Waals surface area contributed by atoms with Crippen LogP contribution in [0.1, 0.15) is 46.9 Å². The van der Waals surface area contributed by atoms with E-state index in [0.717, 1.165) is 23.1 Å². The number of benzene rings is 2. The maximum Gasteiger partial charge on any atom is 0.350 e. The Morgan fingerprint density at radius 2 is 1.88 bits per heavy atom. The summed E-state index contributed by atoms with van der Waals surface area (Å²) < 4.78 is 39.7. The van der Waals surface area contributed by atoms with Gasteiger partial charge in [0.05, 0.1) is 5.56 Å². The fraction of sp³-hybridized carbons (Fsp3) is 0.304. The molecule has 0 saturated heterocycles. The smallest absolute Gasteiger partial charge is 0.334 e. The number of Topliss-reactive ketones (excluding diaryl/α,β-unsaturated/α-hetero) is 1. The average molecular weight is 441 g/mol. The Kier molecular flexibility index (Phi) is 6.07. The van der Waals surface area contributed by atoms with Crippen molar-refractivity contribution in [2.24, 2.45) is 0 Å². The fourth-order valence-corrected chi connectivity index (χ4v) is 3.76. The lowest BCUT2D eigenvalue weighted by Crippen LogP contribution is -2.31. The third-order valence-corrected chi connectivity index (χ3v) is 5.66. The number of alkyl halides is 2. The number of aromatic nitrogens is 4. The molecule has 4 rings (SSSR count). The molecule has 0 spiro atoms. The van der Waals surface area contributed by atoms with Crippen molar-refractivity contribution < 1.29 is 18.0 Å². The van der Waals surface area contributed by atoms with Crippen molar-refractivity contribution in [1.82, 2.24) is 20.2 Å². The minimum absolute atomic E-state index is 0.0971. The van der Waals surface area contributed by atoms with Crippen molar-refractivity contribution in [3.63, 3.8) is 0 Å². The standard InChI is InChI=1S/C23H22F3N5O/c1-14-10-11-30(23-27-29-31(28-23)22(25)26)13-19(14)17-8-6-16(7-9-17)12-20(32)18-5-3-4-15(2)21(18)24/h3-9,22H,10-13H2,1-2H3. The van der Waals surface area contributed by atoms with E-state index < -0.39 is 12.4 Å². The van der Waals surface area contributed by atoms with E-state index in [9.17, 15) is 18.0 Å². The summed E-state index contributed by atoms with van der Waals surface area (Å²) in [6.45, 7) is 1.91. The number of halogens is 3. The van der Waals surface area contributed by atoms with Crippen LogP contribution in [0.4, 0.5) is 19.1 Å². The number of tetrazole rings is 1. The van der Waals surface area contributed by atoms with E-state index in [1.807, 2.05) is 36.1 Å². The fourth-order valence-electron chi connectivity index (χ4n) is 3.76. The number of ketones is 1. The number of nitrogens with zero attached hydrogens (tertiary/aromatic N) is 5. The van der Waals surface area contributed by atoms with Crippen molar-refractivity contribution in [2.75, 3.05) is 18.0 Å². The number of carbonyl (C=O) groups excluding carboxylic acids is 1. The van der Waals surface area contributed by atoms with E-state index in [-0.39, 0.29) is 23.7 Å². The van der Waals surface area contributed by atoms with Gasteiger partial charge in [0, 0.05) is 19.5 Å². The number of anilines is 1. The Morgan fingerprint density at radius 3 is 2.56 bits per heavy atom. The van der Waals surface area contributed by atoms with Gasteiger partial charge in [-0.3, -0.25) is 4.79 Å². The third kappa shape index (κ3) is 4.42. The summed E-state index contributed by atoms with van der Waals surface area (Å²) in [5.74, 6) is -0.585. The van der Waals surface area contributed by atoms with Crippen LogP contribution in [0.25, 0.3) is 5.57 Å². The molecule has 0 unspecified atom stereocenters. The van der Waals surface area contributed by atoms with E-state index in [1.165, 1.54) is 11.6 Å². The lowest BCUT2D eigenvalue weighted by molar-refractivity contribution is 0.0397. The summed E-state index contributed by atoms with van der Waals surface area (Å²) in [5.41, 5.74) is 4.53. The molecule has 1 aliphatic heterocycles. The summed E-state index contributed by atoms with van der Waals surface area (Å²) in [5, 5.41) is 10.9. The highest BCUT2D eigenvalue weighted by Crippen LogP contribution is 2.28. The maximum absolute atomic E-state index is 14.2. The van der Waals surface area contributed by atoms with Crippen LogP contribution in [0.15, 0.2) is 48.0 Å². The van der Waals surface area contributed by atoms with Crippen molar-refractivity contribution in [2.45, 2.75) is 33.2 Å². The highest BCUT2D eigenvalue weighted by Gasteiger charge is 2.23. The molecule has 0 bridgehead atoms. The molecule has 0 atom stereocenters. The second-order valence-corrected chi connectivity index (χ2v) is 7.85. The van der Waals surface area contributed by atoms with Gasteiger partial charge >= 0.3 is 6.55 Å². The van der Waals surface area contributed by atoms with Gasteiger partial charge in [0.15, 0.2) is 5.78 Å². The molecule has 6 nitrogen and oxygen atoms in total. The SMILES string of the molecule is CC1=C(c2ccc(CC(=O)c3cccc(C)c3F)cc2)CN(c2nnn(C(F)F)n2)CC1. The lowest BCUT2D eigenvalue weighted by Gasteiger charge is -2.29. The normalized spacial score (nSPS) is 14.4. The molecule has 2 aromatic carbocycles. The molecule has 0 fully saturated rings. The van der Waals surface area contributed by atoms with Gasteiger partial charge in [-0.1, -0.05) is 51.9 Å². The minimum Gasteiger partial charge on any atom is -0.334 e. The maximum atomic E-state index is 14.2. The second kappa shape index (κ2) is 8.94. The van der Waals surface area contributed by atoms with Gasteiger partial charge in [0.2, 0.25) is 0 Å². The molecule has 1 aliphatic rings. The summed E-state index contributed by atoms with van der Waals surface area (Å²) in [6, 6.07) is 12.3. The Morgan fingerprint density at radius 1 is 1.12 bits per heavy atom. The molecular weight excluding hydrogens is 419 g/mol. The van der Waals surface area contributed by atoms with Crippen molar-refractivity contribution >= 4 is 17.3 Å². The molecule has 0 N–H and O–H groups in total. The predicted octanol–water partition coefficient (Wildman–Crippen LogP) is 4.62. The first-order chi connectivity index (χ1) is 15.3. The number of rotatable bonds is 6. The zero-order chi connectivity index (χ0) is 22.8. The van der Waals surface area contributed by atoms with E-state index in [2.05, 4.69) is 15.4 Å². The highest BCUT2D eigenvalue weighted by atomic mass is 19.3. The summed E-state index contributed by atoms with van der Waals surface area (Å²) >= 11 is 0. The van der Waals surface area contributed by atoms with Crippen molar-refractivity contribution in [3.8, 4) is 0 Å². The molecule has 3 aromatic rings. The molecular formula is C23H22F3N5O. The van der Waals surface area contributed by atoms with Crippen LogP contribution in [0, 0.1) is 12.7 Å². The van der Waals surface area contributed by atoms with Gasteiger partial charge in [-0.15, -0.1) is 5.10 Å². The van der Waals surface area contributed by atoms with Crippen LogP contribution in [0.3, 0.4) is 0 Å². The first kappa shape index (κ1) is 21.7. The Balaban J connectivity index is 1.49. The molecule has 2 heterocycles. The van der Waals surface area contributed by atoms with Crippen LogP contribution in [-0.2, 0) is 6.42 Å². The van der Waals surface area contributed by atoms with Crippen molar-refractivity contribution in [3.05, 3.63) is 76.1 Å². The second-order valence-electron chi connectivity index (χ2n) is 7.85. The lowest BCUT2D eigenvalue weighted by atomic mass is 9.93. The number of aryl methyl sites for hydroxylation is 1. The first-order valence-electron chi connectivity index (χ1n) is 10.2. The van der Waals surface area contributed by atoms with E-state index in [0.29, 0.717) is 23.4 Å². The van der Waals surface area contributed by atoms with E-state index >= 15 is 0 Å². The van der Waals surface area contributed by atoms with Crippen LogP contribution < -0.4 is 4.90 Å². The quantitative estimate of drug-likeness (QED) is 0.522. The average Bonchev–Trinajstić information content (AvgIpc) is 3.27. The van der Waals surface area contributed by atoms with Gasteiger partial charge < -0.3 is 4.90 Å². The zero-order valence-corrected chi connectivity index (χ0v) is 17.7. The number of hydrogen-bond donors (Lipinski definition) is 0. The topological polar surface area (TPSA) is 63.9 Å². The largest absolute Gasteiger partial charge is 0.350 e. The highest BCUT2D eigenvalue weighted by molar-refractivity contribution is 5.98. The van der Waals surface area contributed by atoms with Crippen LogP contribution >= 0.6 is 0 Å². The Hall–Kier alpha value is -3.49. The number of carbonyl (C=O) groups is 1. The van der Waals surface area contributed by atoms with Crippen LogP contribution in [0.5, 0.6) is 0 Å². The number of hydrogen-bond acceptors (Lipinski definition) is 5. The van der Waals surface area contributed by atoms with Gasteiger partial charge in [-0.05, 0) is 53.8 Å². The van der Waals surface area contributed by atoms with Gasteiger partial charge in [-0.2, -0.15) is 8.78 Å². The molecule has 0 radical (unpaired) electrons. The van der Waals surface area contributed by atoms with Gasteiger partial charge in [-0.25, -0.2) is 4.39 Å². The van der Waals surface area contributed by atoms with E-state index in [4.69, 9.17) is 0 Å². The molecule has 166 valence electrons. The van der Waals surface area contributed by atoms with Crippen LogP contribution in [0.2, 0.25) is 0 Å². The molecule has 9 heteroatoms. The summed E-state index contributed by atoms with van der Waals surface area (Å²) in [7, 11) is 0. The Bertz CT molecular complexity index is 1170. The molecule has 32 heavy (non-hydrogen) atoms. The predicted molar refractivity (Wildman–Crippen MR) is 114 cm³/mol. The summed E-state index contributed by atoms with van der Waals surface area (Å²) in [4.78, 5) is 14.7. The van der Waals surface area contributed by atoms with Gasteiger partial charge in [0.25, 0.3) is 5.95 Å². The molecule has 0 amide bonds. The van der Waals surface area contributed by atoms with E-state index in [1.54, 1.807) is 19.1 Å². The first-order valence-corrected chi connectivity index (χ1v) is 10.2. The monoisotopic (exact) mass is 441 g/mol. The molecule has 0 aliphatic carbocycles. The minimum atomic E-state index is -2.83. The van der Waals surface area contributed by atoms with Crippen LogP contribution in [-0.4, -0.2) is 39.1 Å². The van der Waals surface area contributed by atoms with Gasteiger partial charge in [0.1, 0.15) is 5.82 Å². The zero-order valence-electron chi connectivity index (χ0n) is 17.7. The molecule has 1 aromatic heterocycles. The molecule has 0 saturated carbocycles. The Labute approximate surface area is 183 Å². The van der Waals surface area contributed by atoms with Crippen molar-refractivity contribution in [1.29, 1.82) is 0 Å².